The van der Waals surface area contributed by atoms with Crippen LogP contribution in [0.25, 0.3) is 0 Å². The zero-order valence-electron chi connectivity index (χ0n) is 11.6. The second-order valence-electron chi connectivity index (χ2n) is 4.91. The lowest BCUT2D eigenvalue weighted by Gasteiger charge is -2.16. The molecule has 1 aliphatic heterocycles. The lowest BCUT2D eigenvalue weighted by molar-refractivity contribution is -0.127. The topological polar surface area (TPSA) is 84.1 Å². The van der Waals surface area contributed by atoms with E-state index >= 15 is 0 Å². The molecule has 0 unspecified atom stereocenters. The molecule has 2 rings (SSSR count). The number of likely N-dealkylation sites (tertiary alicyclic amines) is 1. The van der Waals surface area contributed by atoms with Gasteiger partial charge in [0, 0.05) is 37.3 Å². The molecular weight excluding hydrogens is 242 g/mol. The average molecular weight is 263 g/mol. The highest BCUT2D eigenvalue weighted by atomic mass is 16.2. The van der Waals surface area contributed by atoms with Gasteiger partial charge in [0.25, 0.3) is 0 Å². The minimum absolute atomic E-state index is 0.276. The molecule has 0 saturated carbocycles. The summed E-state index contributed by atoms with van der Waals surface area (Å²) in [4.78, 5) is 21.7. The van der Waals surface area contributed by atoms with Crippen LogP contribution in [-0.4, -0.2) is 40.4 Å². The van der Waals surface area contributed by atoms with Crippen LogP contribution in [0.2, 0.25) is 0 Å². The van der Waals surface area contributed by atoms with Crippen molar-refractivity contribution >= 4 is 17.7 Å². The number of carbonyl (C=O) groups excluding carboxylic acids is 1. The van der Waals surface area contributed by atoms with Gasteiger partial charge in [0.1, 0.15) is 5.82 Å². The molecule has 1 aromatic heterocycles. The molecule has 0 aliphatic carbocycles. The van der Waals surface area contributed by atoms with Crippen LogP contribution in [0.3, 0.4) is 0 Å². The minimum atomic E-state index is 0.276. The van der Waals surface area contributed by atoms with Crippen molar-refractivity contribution in [1.29, 1.82) is 0 Å². The SMILES string of the molecule is Cc1nc(N)nc(NCCCN2CCCC2=O)c1C. The zero-order valence-corrected chi connectivity index (χ0v) is 11.6. The van der Waals surface area contributed by atoms with E-state index in [1.165, 1.54) is 0 Å². The van der Waals surface area contributed by atoms with E-state index in [1.54, 1.807) is 0 Å². The van der Waals surface area contributed by atoms with Gasteiger partial charge in [-0.05, 0) is 26.7 Å². The van der Waals surface area contributed by atoms with E-state index in [9.17, 15) is 4.79 Å². The monoisotopic (exact) mass is 263 g/mol. The summed E-state index contributed by atoms with van der Waals surface area (Å²) in [5.74, 6) is 1.36. The largest absolute Gasteiger partial charge is 0.370 e. The first-order valence-electron chi connectivity index (χ1n) is 6.70. The molecular formula is C13H21N5O. The van der Waals surface area contributed by atoms with Gasteiger partial charge in [0.05, 0.1) is 0 Å². The van der Waals surface area contributed by atoms with E-state index in [1.807, 2.05) is 18.7 Å². The summed E-state index contributed by atoms with van der Waals surface area (Å²) in [6, 6.07) is 0. The highest BCUT2D eigenvalue weighted by Gasteiger charge is 2.18. The normalized spacial score (nSPS) is 15.1. The molecule has 1 amide bonds. The van der Waals surface area contributed by atoms with E-state index in [2.05, 4.69) is 15.3 Å². The number of rotatable bonds is 5. The van der Waals surface area contributed by atoms with Gasteiger partial charge >= 0.3 is 0 Å². The number of amides is 1. The van der Waals surface area contributed by atoms with Gasteiger partial charge in [0.2, 0.25) is 11.9 Å². The van der Waals surface area contributed by atoms with Crippen LogP contribution in [0, 0.1) is 13.8 Å². The number of nitrogens with one attached hydrogen (secondary N) is 1. The van der Waals surface area contributed by atoms with Crippen molar-refractivity contribution in [3.05, 3.63) is 11.3 Å². The number of carbonyl (C=O) groups is 1. The molecule has 1 fully saturated rings. The van der Waals surface area contributed by atoms with E-state index in [4.69, 9.17) is 5.73 Å². The summed E-state index contributed by atoms with van der Waals surface area (Å²) in [6.45, 7) is 6.38. The number of nitrogen functional groups attached to an aromatic ring is 1. The number of aromatic nitrogens is 2. The van der Waals surface area contributed by atoms with E-state index in [0.717, 1.165) is 49.6 Å². The Hall–Kier alpha value is -1.85. The first-order chi connectivity index (χ1) is 9.08. The van der Waals surface area contributed by atoms with Crippen LogP contribution in [0.5, 0.6) is 0 Å². The lowest BCUT2D eigenvalue weighted by atomic mass is 10.2. The molecule has 0 spiro atoms. The van der Waals surface area contributed by atoms with Crippen LogP contribution in [0.4, 0.5) is 11.8 Å². The molecule has 6 heteroatoms. The van der Waals surface area contributed by atoms with Crippen molar-refractivity contribution in [3.63, 3.8) is 0 Å². The standard InChI is InChI=1S/C13H21N5O/c1-9-10(2)16-13(14)17-12(9)15-6-4-8-18-7-3-5-11(18)19/h3-8H2,1-2H3,(H3,14,15,16,17). The number of aryl methyl sites for hydroxylation is 1. The Morgan fingerprint density at radius 3 is 2.84 bits per heavy atom. The number of anilines is 2. The van der Waals surface area contributed by atoms with Crippen molar-refractivity contribution in [2.75, 3.05) is 30.7 Å². The Balaban J connectivity index is 1.81. The summed E-state index contributed by atoms with van der Waals surface area (Å²) in [6.07, 6.45) is 2.61. The van der Waals surface area contributed by atoms with E-state index < -0.39 is 0 Å². The number of hydrogen-bond acceptors (Lipinski definition) is 5. The fourth-order valence-electron chi connectivity index (χ4n) is 2.24. The molecule has 0 atom stereocenters. The number of nitrogens with zero attached hydrogens (tertiary/aromatic N) is 3. The molecule has 3 N–H and O–H groups in total. The van der Waals surface area contributed by atoms with E-state index in [0.29, 0.717) is 12.4 Å². The first-order valence-corrected chi connectivity index (χ1v) is 6.70. The van der Waals surface area contributed by atoms with Crippen LogP contribution < -0.4 is 11.1 Å². The fourth-order valence-corrected chi connectivity index (χ4v) is 2.24. The third-order valence-corrected chi connectivity index (χ3v) is 3.48. The van der Waals surface area contributed by atoms with Crippen molar-refractivity contribution in [3.8, 4) is 0 Å². The first kappa shape index (κ1) is 13.6. The molecule has 1 saturated heterocycles. The van der Waals surface area contributed by atoms with Crippen molar-refractivity contribution in [1.82, 2.24) is 14.9 Å². The summed E-state index contributed by atoms with van der Waals surface area (Å²) in [5, 5.41) is 3.26. The van der Waals surface area contributed by atoms with Crippen LogP contribution in [0.15, 0.2) is 0 Å². The molecule has 2 heterocycles. The Morgan fingerprint density at radius 2 is 2.16 bits per heavy atom. The van der Waals surface area contributed by atoms with Crippen molar-refractivity contribution < 1.29 is 4.79 Å². The van der Waals surface area contributed by atoms with Gasteiger partial charge in [-0.3, -0.25) is 4.79 Å². The summed E-state index contributed by atoms with van der Waals surface area (Å²) < 4.78 is 0. The fraction of sp³-hybridized carbons (Fsp3) is 0.615. The second kappa shape index (κ2) is 5.86. The average Bonchev–Trinajstić information content (AvgIpc) is 2.76. The molecule has 0 bridgehead atoms. The smallest absolute Gasteiger partial charge is 0.222 e. The Bertz CT molecular complexity index is 474. The highest BCUT2D eigenvalue weighted by Crippen LogP contribution is 2.15. The molecule has 1 aromatic rings. The molecule has 0 aromatic carbocycles. The Labute approximate surface area is 113 Å². The summed E-state index contributed by atoms with van der Waals surface area (Å²) >= 11 is 0. The zero-order chi connectivity index (χ0) is 13.8. The summed E-state index contributed by atoms with van der Waals surface area (Å²) in [7, 11) is 0. The molecule has 0 radical (unpaired) electrons. The summed E-state index contributed by atoms with van der Waals surface area (Å²) in [5.41, 5.74) is 7.55. The van der Waals surface area contributed by atoms with Gasteiger partial charge in [-0.2, -0.15) is 4.98 Å². The van der Waals surface area contributed by atoms with Crippen LogP contribution in [0.1, 0.15) is 30.5 Å². The van der Waals surface area contributed by atoms with Crippen LogP contribution in [-0.2, 0) is 4.79 Å². The van der Waals surface area contributed by atoms with Crippen molar-refractivity contribution in [2.24, 2.45) is 0 Å². The third kappa shape index (κ3) is 3.33. The predicted octanol–water partition coefficient (Wildman–Crippen LogP) is 1.10. The molecule has 19 heavy (non-hydrogen) atoms. The van der Waals surface area contributed by atoms with Crippen molar-refractivity contribution in [2.45, 2.75) is 33.1 Å². The quantitative estimate of drug-likeness (QED) is 0.777. The maximum absolute atomic E-state index is 11.5. The maximum Gasteiger partial charge on any atom is 0.222 e. The van der Waals surface area contributed by atoms with Gasteiger partial charge in [-0.25, -0.2) is 4.98 Å². The third-order valence-electron chi connectivity index (χ3n) is 3.48. The number of nitrogens with two attached hydrogens (primary N) is 1. The Kier molecular flexibility index (Phi) is 4.19. The van der Waals surface area contributed by atoms with E-state index in [-0.39, 0.29) is 5.91 Å². The van der Waals surface area contributed by atoms with Gasteiger partial charge in [-0.1, -0.05) is 0 Å². The highest BCUT2D eigenvalue weighted by molar-refractivity contribution is 5.78. The number of hydrogen-bond donors (Lipinski definition) is 2. The molecule has 104 valence electrons. The van der Waals surface area contributed by atoms with Gasteiger partial charge in [0.15, 0.2) is 0 Å². The minimum Gasteiger partial charge on any atom is -0.370 e. The lowest BCUT2D eigenvalue weighted by Crippen LogP contribution is -2.27. The van der Waals surface area contributed by atoms with Gasteiger partial charge < -0.3 is 16.0 Å². The van der Waals surface area contributed by atoms with Crippen LogP contribution >= 0.6 is 0 Å². The maximum atomic E-state index is 11.5. The molecule has 6 nitrogen and oxygen atoms in total. The molecule has 1 aliphatic rings. The van der Waals surface area contributed by atoms with Gasteiger partial charge in [-0.15, -0.1) is 0 Å². The predicted molar refractivity (Wildman–Crippen MR) is 74.8 cm³/mol. The second-order valence-corrected chi connectivity index (χ2v) is 4.91. The Morgan fingerprint density at radius 1 is 1.37 bits per heavy atom.